The van der Waals surface area contributed by atoms with Crippen LogP contribution in [0.2, 0.25) is 0 Å². The van der Waals surface area contributed by atoms with Gasteiger partial charge in [-0.2, -0.15) is 0 Å². The molecule has 0 bridgehead atoms. The van der Waals surface area contributed by atoms with Crippen LogP contribution < -0.4 is 0 Å². The van der Waals surface area contributed by atoms with E-state index in [4.69, 9.17) is 48.1 Å². The van der Waals surface area contributed by atoms with Crippen LogP contribution in [0, 0.1) is 0 Å². The maximum absolute atomic E-state index is 6.13. The highest BCUT2D eigenvalue weighted by Gasteiger charge is 2.21. The van der Waals surface area contributed by atoms with Gasteiger partial charge in [-0.3, -0.25) is 0 Å². The van der Waals surface area contributed by atoms with Crippen LogP contribution in [0.3, 0.4) is 0 Å². The second-order valence-corrected chi connectivity index (χ2v) is 34.7. The minimum Gasteiger partial charge on any atom is -0.456 e. The van der Waals surface area contributed by atoms with Crippen molar-refractivity contribution in [2.24, 2.45) is 7.05 Å². The lowest BCUT2D eigenvalue weighted by Gasteiger charge is -2.11. The van der Waals surface area contributed by atoms with E-state index in [1.54, 1.807) is 0 Å². The van der Waals surface area contributed by atoms with Gasteiger partial charge in [0.1, 0.15) is 39.3 Å². The molecule has 0 spiro atoms. The zero-order valence-corrected chi connectivity index (χ0v) is 75.6. The van der Waals surface area contributed by atoms with Gasteiger partial charge in [0, 0.05) is 95.0 Å². The summed E-state index contributed by atoms with van der Waals surface area (Å²) in [5, 5.41) is 6.79. The van der Waals surface area contributed by atoms with Gasteiger partial charge < -0.3 is 17.8 Å². The van der Waals surface area contributed by atoms with Crippen LogP contribution in [0.15, 0.2) is 505 Å². The molecule has 0 radical (unpaired) electrons. The molecule has 0 saturated heterocycles. The Morgan fingerprint density at radius 1 is 0.151 bits per heavy atom. The van der Waals surface area contributed by atoms with Crippen LogP contribution in [0.25, 0.3) is 257 Å². The molecular formula is C128H84N8O3. The third-order valence-electron chi connectivity index (χ3n) is 26.0. The number of rotatable bonds is 16. The number of imidazole rings is 1. The van der Waals surface area contributed by atoms with Gasteiger partial charge in [-0.25, -0.2) is 34.9 Å². The van der Waals surface area contributed by atoms with Crippen molar-refractivity contribution in [3.8, 4) is 180 Å². The molecule has 0 fully saturated rings. The van der Waals surface area contributed by atoms with E-state index in [9.17, 15) is 0 Å². The van der Waals surface area contributed by atoms with Gasteiger partial charge in [0.15, 0.2) is 17.5 Å². The number of hydrogen-bond acceptors (Lipinski definition) is 10. The summed E-state index contributed by atoms with van der Waals surface area (Å²) in [6, 6.07) is 170. The molecule has 0 N–H and O–H groups in total. The van der Waals surface area contributed by atoms with Crippen LogP contribution in [-0.2, 0) is 7.05 Å². The van der Waals surface area contributed by atoms with Crippen LogP contribution in [-0.4, -0.2) is 39.5 Å². The van der Waals surface area contributed by atoms with Crippen LogP contribution >= 0.6 is 0 Å². The van der Waals surface area contributed by atoms with Crippen molar-refractivity contribution < 1.29 is 13.3 Å². The number of benzene rings is 19. The lowest BCUT2D eigenvalue weighted by Crippen LogP contribution is -1.96. The van der Waals surface area contributed by atoms with E-state index in [1.165, 1.54) is 22.3 Å². The SMILES string of the molecule is Cn1c(-c2ccccc2)nc2ccc(-c3ccc(-c4nc(-c5ccccc5)cc(-c5ccc(-c6ccc7oc8ccccc8c7c6)cc5)n4)cc3)cc21.c1ccc(-c2ccc(-c3cc(-c4ccc(-c5ccc6c(c5)oc5ccccc56)cc4)nc(-c4ccccc4)n3)cc2)cc1.c1ccc(-c2ccc(-c3cc(-c4ccc(-c5ccc6oc7ccccc7c6c5)cc4)nc(-c4ccccc4)n3)cc2)cc1. The summed E-state index contributed by atoms with van der Waals surface area (Å²) in [4.78, 5) is 35.1. The highest BCUT2D eigenvalue weighted by atomic mass is 16.3. The summed E-state index contributed by atoms with van der Waals surface area (Å²) in [6.07, 6.45) is 0. The van der Waals surface area contributed by atoms with Crippen molar-refractivity contribution >= 4 is 76.8 Å². The third-order valence-corrected chi connectivity index (χ3v) is 26.0. The van der Waals surface area contributed by atoms with E-state index >= 15 is 0 Å². The van der Waals surface area contributed by atoms with Crippen molar-refractivity contribution in [1.82, 2.24) is 39.5 Å². The smallest absolute Gasteiger partial charge is 0.160 e. The molecule has 0 unspecified atom stereocenters. The molecule has 0 aliphatic heterocycles. The average molecular weight is 1780 g/mol. The largest absolute Gasteiger partial charge is 0.456 e. The number of hydrogen-bond donors (Lipinski definition) is 0. The third kappa shape index (κ3) is 17.0. The number of para-hydroxylation sites is 3. The Bertz CT molecular complexity index is 8980. The second kappa shape index (κ2) is 36.7. The summed E-state index contributed by atoms with van der Waals surface area (Å²) in [5.74, 6) is 3.06. The molecule has 11 nitrogen and oxygen atoms in total. The lowest BCUT2D eigenvalue weighted by atomic mass is 9.99. The molecule has 654 valence electrons. The molecule has 26 rings (SSSR count). The number of fused-ring (bicyclic) bond motifs is 10. The minimum atomic E-state index is 0.684. The van der Waals surface area contributed by atoms with Crippen molar-refractivity contribution in [3.05, 3.63) is 491 Å². The van der Waals surface area contributed by atoms with E-state index < -0.39 is 0 Å². The molecule has 7 aromatic heterocycles. The normalized spacial score (nSPS) is 11.3. The Morgan fingerprint density at radius 3 is 0.741 bits per heavy atom. The van der Waals surface area contributed by atoms with Gasteiger partial charge >= 0.3 is 0 Å². The average Bonchev–Trinajstić information content (AvgIpc) is 1.78. The van der Waals surface area contributed by atoms with E-state index in [-0.39, 0.29) is 0 Å². The maximum Gasteiger partial charge on any atom is 0.160 e. The minimum absolute atomic E-state index is 0.684. The first-order valence-corrected chi connectivity index (χ1v) is 46.6. The Balaban J connectivity index is 0.000000114. The fraction of sp³-hybridized carbons (Fsp3) is 0.00781. The standard InChI is InChI=1S/C48H32N4O.2C40H26N2O/c1-52-44-29-38(24-26-41(44)51-48(52)36-12-6-3-7-13-36)32-18-22-35(23-19-32)47-49-42(33-10-4-2-5-11-33)30-43(50-47)34-20-16-31(17-21-34)37-25-27-46-40(28-37)39-14-8-9-15-45(39)53-46;1-3-9-27(10-4-1)28-15-19-30(20-16-28)36-26-37(42-40(41-36)32-11-5-2-6-12-32)31-21-17-29(18-22-31)33-23-24-39-35(25-33)34-13-7-8-14-38(34)43-39;1-3-9-27(10-4-1)28-15-19-30(20-16-28)36-26-37(42-40(41-36)32-11-5-2-6-12-32)31-21-17-29(18-22-31)33-23-24-35-34-13-7-8-14-38(34)43-39(35)25-33/h2-30H,1H3;2*1-26H. The molecule has 7 heterocycles. The fourth-order valence-corrected chi connectivity index (χ4v) is 18.6. The summed E-state index contributed by atoms with van der Waals surface area (Å²) >= 11 is 0. The van der Waals surface area contributed by atoms with E-state index in [1.807, 2.05) is 127 Å². The first kappa shape index (κ1) is 83.4. The zero-order valence-electron chi connectivity index (χ0n) is 75.6. The zero-order chi connectivity index (χ0) is 92.5. The Morgan fingerprint density at radius 2 is 0.374 bits per heavy atom. The van der Waals surface area contributed by atoms with Gasteiger partial charge in [-0.05, 0) is 152 Å². The van der Waals surface area contributed by atoms with Gasteiger partial charge in [0.25, 0.3) is 0 Å². The number of nitrogens with zero attached hydrogens (tertiary/aromatic N) is 8. The summed E-state index contributed by atoms with van der Waals surface area (Å²) < 4.78 is 20.4. The number of aryl methyl sites for hydroxylation is 1. The van der Waals surface area contributed by atoms with Gasteiger partial charge in [0.2, 0.25) is 0 Å². The van der Waals surface area contributed by atoms with Gasteiger partial charge in [-0.15, -0.1) is 0 Å². The Labute approximate surface area is 802 Å². The molecule has 0 atom stereocenters. The van der Waals surface area contributed by atoms with Crippen LogP contribution in [0.5, 0.6) is 0 Å². The summed E-state index contributed by atoms with van der Waals surface area (Å²) in [7, 11) is 2.08. The van der Waals surface area contributed by atoms with Crippen LogP contribution in [0.4, 0.5) is 0 Å². The molecule has 0 aliphatic carbocycles. The Kier molecular flexibility index (Phi) is 22.0. The molecule has 0 amide bonds. The molecular weight excluding hydrogens is 1700 g/mol. The molecule has 19 aromatic carbocycles. The molecule has 26 aromatic rings. The molecule has 139 heavy (non-hydrogen) atoms. The predicted octanol–water partition coefficient (Wildman–Crippen LogP) is 33.7. The van der Waals surface area contributed by atoms with Crippen molar-refractivity contribution in [2.75, 3.05) is 0 Å². The summed E-state index contributed by atoms with van der Waals surface area (Å²) in [6.45, 7) is 0. The van der Waals surface area contributed by atoms with Crippen LogP contribution in [0.1, 0.15) is 0 Å². The molecule has 0 aliphatic rings. The topological polar surface area (TPSA) is 135 Å². The number of aromatic nitrogens is 8. The lowest BCUT2D eigenvalue weighted by molar-refractivity contribution is 0.668. The monoisotopic (exact) mass is 1780 g/mol. The predicted molar refractivity (Wildman–Crippen MR) is 569 cm³/mol. The van der Waals surface area contributed by atoms with Crippen molar-refractivity contribution in [2.45, 2.75) is 0 Å². The highest BCUT2D eigenvalue weighted by Crippen LogP contribution is 2.42. The highest BCUT2D eigenvalue weighted by molar-refractivity contribution is 6.09. The van der Waals surface area contributed by atoms with Gasteiger partial charge in [0.05, 0.1) is 45.2 Å². The fourth-order valence-electron chi connectivity index (χ4n) is 18.6. The quantitative estimate of drug-likeness (QED) is 0.0920. The summed E-state index contributed by atoms with van der Waals surface area (Å²) in [5.41, 5.74) is 36.9. The second-order valence-electron chi connectivity index (χ2n) is 34.7. The van der Waals surface area contributed by atoms with Gasteiger partial charge in [-0.1, -0.05) is 406 Å². The first-order chi connectivity index (χ1) is 68.7. The Hall–Kier alpha value is -18.7. The van der Waals surface area contributed by atoms with Crippen molar-refractivity contribution in [3.63, 3.8) is 0 Å². The van der Waals surface area contributed by atoms with Crippen molar-refractivity contribution in [1.29, 1.82) is 0 Å². The number of furan rings is 3. The van der Waals surface area contributed by atoms with E-state index in [0.717, 1.165) is 217 Å². The molecule has 11 heteroatoms. The van der Waals surface area contributed by atoms with E-state index in [2.05, 4.69) is 376 Å². The molecule has 0 saturated carbocycles. The first-order valence-electron chi connectivity index (χ1n) is 46.6. The van der Waals surface area contributed by atoms with E-state index in [0.29, 0.717) is 17.5 Å². The maximum atomic E-state index is 6.13.